The number of hydrogen-bond donors (Lipinski definition) is 0. The van der Waals surface area contributed by atoms with Gasteiger partial charge in [0.1, 0.15) is 15.4 Å². The number of piperazine rings is 1. The van der Waals surface area contributed by atoms with Crippen LogP contribution in [0.2, 0.25) is 5.02 Å². The van der Waals surface area contributed by atoms with Crippen molar-refractivity contribution in [3.05, 3.63) is 34.0 Å². The molecular weight excluding hydrogens is 376 g/mol. The first-order valence-corrected chi connectivity index (χ1v) is 11.0. The van der Waals surface area contributed by atoms with E-state index in [1.165, 1.54) is 6.26 Å². The summed E-state index contributed by atoms with van der Waals surface area (Å²) in [5.41, 5.74) is 2.37. The van der Waals surface area contributed by atoms with E-state index >= 15 is 0 Å². The fraction of sp³-hybridized carbons (Fsp3) is 0.500. The van der Waals surface area contributed by atoms with Gasteiger partial charge in [-0.05, 0) is 31.5 Å². The smallest absolute Gasteiger partial charge is 0.289 e. The van der Waals surface area contributed by atoms with Crippen LogP contribution in [-0.2, 0) is 9.84 Å². The largest absolute Gasteiger partial charge is 0.451 e. The molecule has 0 unspecified atom stereocenters. The van der Waals surface area contributed by atoms with Crippen molar-refractivity contribution in [2.45, 2.75) is 13.8 Å². The molecule has 0 spiro atoms. The van der Waals surface area contributed by atoms with Crippen LogP contribution in [0.3, 0.4) is 0 Å². The summed E-state index contributed by atoms with van der Waals surface area (Å²) in [6.07, 6.45) is 1.24. The van der Waals surface area contributed by atoms with Crippen molar-refractivity contribution in [2.24, 2.45) is 0 Å². The Hall–Kier alpha value is -1.57. The lowest BCUT2D eigenvalue weighted by molar-refractivity contribution is 0.0614. The molecule has 142 valence electrons. The predicted molar refractivity (Wildman–Crippen MR) is 103 cm³/mol. The molecule has 0 N–H and O–H groups in total. The van der Waals surface area contributed by atoms with Gasteiger partial charge in [-0.2, -0.15) is 0 Å². The summed E-state index contributed by atoms with van der Waals surface area (Å²) in [5, 5.41) is 1.51. The van der Waals surface area contributed by atoms with Crippen LogP contribution in [0.25, 0.3) is 11.0 Å². The summed E-state index contributed by atoms with van der Waals surface area (Å²) >= 11 is 6.19. The van der Waals surface area contributed by atoms with Crippen LogP contribution in [0.5, 0.6) is 0 Å². The molecule has 1 saturated heterocycles. The van der Waals surface area contributed by atoms with E-state index in [4.69, 9.17) is 16.0 Å². The Kier molecular flexibility index (Phi) is 5.33. The molecule has 2 aromatic rings. The molecule has 2 heterocycles. The van der Waals surface area contributed by atoms with Gasteiger partial charge >= 0.3 is 0 Å². The highest BCUT2D eigenvalue weighted by molar-refractivity contribution is 7.90. The van der Waals surface area contributed by atoms with Gasteiger partial charge < -0.3 is 9.32 Å². The fourth-order valence-electron chi connectivity index (χ4n) is 3.16. The molecule has 3 rings (SSSR count). The third-order valence-corrected chi connectivity index (χ3v) is 6.18. The maximum atomic E-state index is 12.9. The molecule has 0 aliphatic carbocycles. The van der Waals surface area contributed by atoms with Gasteiger partial charge in [0.2, 0.25) is 0 Å². The Bertz CT molecular complexity index is 944. The number of nitrogens with zero attached hydrogens (tertiary/aromatic N) is 2. The maximum absolute atomic E-state index is 12.9. The Morgan fingerprint density at radius 2 is 1.85 bits per heavy atom. The highest BCUT2D eigenvalue weighted by atomic mass is 35.5. The van der Waals surface area contributed by atoms with Crippen molar-refractivity contribution >= 4 is 38.3 Å². The van der Waals surface area contributed by atoms with Crippen molar-refractivity contribution in [2.75, 3.05) is 44.7 Å². The second-order valence-corrected chi connectivity index (χ2v) is 9.58. The van der Waals surface area contributed by atoms with Gasteiger partial charge in [0.05, 0.1) is 5.75 Å². The zero-order valence-corrected chi connectivity index (χ0v) is 16.8. The number of benzene rings is 1. The number of amides is 1. The Morgan fingerprint density at radius 3 is 2.46 bits per heavy atom. The van der Waals surface area contributed by atoms with Crippen LogP contribution < -0.4 is 0 Å². The van der Waals surface area contributed by atoms with Crippen molar-refractivity contribution in [1.82, 2.24) is 9.80 Å². The minimum atomic E-state index is -2.97. The molecule has 1 aromatic heterocycles. The fourth-order valence-corrected chi connectivity index (χ4v) is 3.91. The summed E-state index contributed by atoms with van der Waals surface area (Å²) < 4.78 is 28.4. The number of fused-ring (bicyclic) bond motifs is 1. The van der Waals surface area contributed by atoms with Gasteiger partial charge in [0.15, 0.2) is 5.76 Å². The van der Waals surface area contributed by atoms with E-state index < -0.39 is 9.84 Å². The number of furan rings is 1. The molecule has 8 heteroatoms. The molecule has 0 radical (unpaired) electrons. The van der Waals surface area contributed by atoms with E-state index in [2.05, 4.69) is 4.90 Å². The highest BCUT2D eigenvalue weighted by Gasteiger charge is 2.27. The summed E-state index contributed by atoms with van der Waals surface area (Å²) in [6.45, 7) is 6.70. The van der Waals surface area contributed by atoms with Crippen molar-refractivity contribution < 1.29 is 17.6 Å². The second-order valence-electron chi connectivity index (χ2n) is 6.92. The molecule has 1 aromatic carbocycles. The molecule has 1 fully saturated rings. The molecule has 1 aliphatic rings. The first-order valence-electron chi connectivity index (χ1n) is 8.54. The molecule has 1 aliphatic heterocycles. The van der Waals surface area contributed by atoms with Gasteiger partial charge in [-0.3, -0.25) is 9.69 Å². The lowest BCUT2D eigenvalue weighted by Crippen LogP contribution is -2.49. The van der Waals surface area contributed by atoms with Gasteiger partial charge in [-0.15, -0.1) is 0 Å². The van der Waals surface area contributed by atoms with E-state index in [1.54, 1.807) is 4.90 Å². The topological polar surface area (TPSA) is 70.8 Å². The Balaban J connectivity index is 1.71. The molecule has 0 saturated carbocycles. The van der Waals surface area contributed by atoms with Crippen LogP contribution in [-0.4, -0.2) is 68.9 Å². The summed E-state index contributed by atoms with van der Waals surface area (Å²) in [7, 11) is -2.97. The van der Waals surface area contributed by atoms with E-state index in [9.17, 15) is 13.2 Å². The lowest BCUT2D eigenvalue weighted by atomic mass is 10.1. The van der Waals surface area contributed by atoms with Crippen LogP contribution in [0, 0.1) is 13.8 Å². The quantitative estimate of drug-likeness (QED) is 0.791. The second kappa shape index (κ2) is 7.21. The summed E-state index contributed by atoms with van der Waals surface area (Å²) in [6, 6.07) is 3.69. The first-order chi connectivity index (χ1) is 12.2. The van der Waals surface area contributed by atoms with E-state index in [0.29, 0.717) is 49.1 Å². The first kappa shape index (κ1) is 19.2. The number of aryl methyl sites for hydroxylation is 2. The molecule has 26 heavy (non-hydrogen) atoms. The number of carbonyl (C=O) groups excluding carboxylic acids is 1. The van der Waals surface area contributed by atoms with Crippen LogP contribution in [0.15, 0.2) is 16.5 Å². The third kappa shape index (κ3) is 4.05. The highest BCUT2D eigenvalue weighted by Crippen LogP contribution is 2.31. The minimum Gasteiger partial charge on any atom is -0.451 e. The van der Waals surface area contributed by atoms with Gasteiger partial charge in [0.25, 0.3) is 5.91 Å². The van der Waals surface area contributed by atoms with Gasteiger partial charge in [0, 0.05) is 55.0 Å². The molecule has 0 atom stereocenters. The molecular formula is C18H23ClN2O4S. The zero-order chi connectivity index (χ0) is 19.1. The molecule has 6 nitrogen and oxygen atoms in total. The Morgan fingerprint density at radius 1 is 1.19 bits per heavy atom. The van der Waals surface area contributed by atoms with Crippen molar-refractivity contribution in [3.63, 3.8) is 0 Å². The number of sulfone groups is 1. The van der Waals surface area contributed by atoms with Crippen LogP contribution in [0.1, 0.15) is 21.7 Å². The standard InChI is InChI=1S/C18H23ClN2O4S/c1-12-10-16-14(11-15(12)19)13(2)17(25-16)18(22)21-6-4-20(5-7-21)8-9-26(3,23)24/h10-11H,4-9H2,1-3H3. The number of hydrogen-bond acceptors (Lipinski definition) is 5. The summed E-state index contributed by atoms with van der Waals surface area (Å²) in [4.78, 5) is 16.7. The molecule has 1 amide bonds. The normalized spacial score (nSPS) is 16.4. The minimum absolute atomic E-state index is 0.129. The predicted octanol–water partition coefficient (Wildman–Crippen LogP) is 2.51. The summed E-state index contributed by atoms with van der Waals surface area (Å²) in [5.74, 6) is 0.366. The number of halogens is 1. The lowest BCUT2D eigenvalue weighted by Gasteiger charge is -2.34. The number of carbonyl (C=O) groups is 1. The number of rotatable bonds is 4. The average molecular weight is 399 g/mol. The zero-order valence-electron chi connectivity index (χ0n) is 15.2. The van der Waals surface area contributed by atoms with Gasteiger partial charge in [-0.1, -0.05) is 11.6 Å². The van der Waals surface area contributed by atoms with E-state index in [0.717, 1.165) is 16.5 Å². The van der Waals surface area contributed by atoms with Crippen LogP contribution >= 0.6 is 11.6 Å². The van der Waals surface area contributed by atoms with Crippen molar-refractivity contribution in [1.29, 1.82) is 0 Å². The molecule has 0 bridgehead atoms. The van der Waals surface area contributed by atoms with Gasteiger partial charge in [-0.25, -0.2) is 8.42 Å². The monoisotopic (exact) mass is 398 g/mol. The Labute approximate surface area is 158 Å². The maximum Gasteiger partial charge on any atom is 0.289 e. The van der Waals surface area contributed by atoms with Crippen LogP contribution in [0.4, 0.5) is 0 Å². The SMILES string of the molecule is Cc1cc2oc(C(=O)N3CCN(CCS(C)(=O)=O)CC3)c(C)c2cc1Cl. The van der Waals surface area contributed by atoms with E-state index in [-0.39, 0.29) is 11.7 Å². The van der Waals surface area contributed by atoms with Crippen molar-refractivity contribution in [3.8, 4) is 0 Å². The van der Waals surface area contributed by atoms with E-state index in [1.807, 2.05) is 26.0 Å². The average Bonchev–Trinajstić information content (AvgIpc) is 2.89. The third-order valence-electron chi connectivity index (χ3n) is 4.85.